The second-order valence-electron chi connectivity index (χ2n) is 5.19. The van der Waals surface area contributed by atoms with Crippen LogP contribution in [-0.2, 0) is 0 Å². The van der Waals surface area contributed by atoms with Gasteiger partial charge in [0.2, 0.25) is 0 Å². The van der Waals surface area contributed by atoms with Gasteiger partial charge in [0.15, 0.2) is 0 Å². The molecule has 22 heavy (non-hydrogen) atoms. The van der Waals surface area contributed by atoms with Crippen LogP contribution in [0.5, 0.6) is 11.5 Å². The molecule has 116 valence electrons. The minimum absolute atomic E-state index is 0.407. The first-order valence-corrected chi connectivity index (χ1v) is 8.05. The highest BCUT2D eigenvalue weighted by Crippen LogP contribution is 2.25. The van der Waals surface area contributed by atoms with E-state index in [1.807, 2.05) is 37.3 Å². The monoisotopic (exact) mass is 362 g/mol. The van der Waals surface area contributed by atoms with Crippen LogP contribution in [0.4, 0.5) is 0 Å². The van der Waals surface area contributed by atoms with E-state index >= 15 is 0 Å². The van der Waals surface area contributed by atoms with Crippen molar-refractivity contribution < 1.29 is 14.3 Å². The topological polar surface area (TPSA) is 35.5 Å². The van der Waals surface area contributed by atoms with Gasteiger partial charge in [0.1, 0.15) is 17.1 Å². The van der Waals surface area contributed by atoms with E-state index in [4.69, 9.17) is 9.47 Å². The molecule has 0 aliphatic rings. The number of hydrogen-bond donors (Lipinski definition) is 0. The summed E-state index contributed by atoms with van der Waals surface area (Å²) in [5.74, 6) is 1.06. The molecule has 0 saturated heterocycles. The Hall–Kier alpha value is -1.81. The SMILES string of the molecule is CCOc1ccc(Br)cc1C(=O)Oc1ccc(C(C)C)cc1. The van der Waals surface area contributed by atoms with Crippen LogP contribution in [0, 0.1) is 0 Å². The van der Waals surface area contributed by atoms with Gasteiger partial charge < -0.3 is 9.47 Å². The highest BCUT2D eigenvalue weighted by Gasteiger charge is 2.15. The lowest BCUT2D eigenvalue weighted by Gasteiger charge is -2.11. The van der Waals surface area contributed by atoms with E-state index in [9.17, 15) is 4.79 Å². The van der Waals surface area contributed by atoms with Crippen LogP contribution in [-0.4, -0.2) is 12.6 Å². The summed E-state index contributed by atoms with van der Waals surface area (Å²) >= 11 is 3.36. The van der Waals surface area contributed by atoms with Crippen molar-refractivity contribution >= 4 is 21.9 Å². The molecule has 0 aliphatic carbocycles. The fourth-order valence-corrected chi connectivity index (χ4v) is 2.39. The van der Waals surface area contributed by atoms with Gasteiger partial charge in [-0.2, -0.15) is 0 Å². The van der Waals surface area contributed by atoms with Crippen molar-refractivity contribution in [3.63, 3.8) is 0 Å². The summed E-state index contributed by atoms with van der Waals surface area (Å²) < 4.78 is 11.7. The van der Waals surface area contributed by atoms with E-state index in [0.717, 1.165) is 4.47 Å². The summed E-state index contributed by atoms with van der Waals surface area (Å²) in [6, 6.07) is 12.9. The number of hydrogen-bond acceptors (Lipinski definition) is 3. The Labute approximate surface area is 139 Å². The number of ether oxygens (including phenoxy) is 2. The van der Waals surface area contributed by atoms with Gasteiger partial charge in [0, 0.05) is 4.47 Å². The lowest BCUT2D eigenvalue weighted by atomic mass is 10.0. The molecule has 0 atom stereocenters. The van der Waals surface area contributed by atoms with Crippen LogP contribution in [0.15, 0.2) is 46.9 Å². The Balaban J connectivity index is 2.19. The Morgan fingerprint density at radius 1 is 1.14 bits per heavy atom. The third-order valence-corrected chi connectivity index (χ3v) is 3.71. The average Bonchev–Trinajstić information content (AvgIpc) is 2.49. The third kappa shape index (κ3) is 4.10. The predicted octanol–water partition coefficient (Wildman–Crippen LogP) is 5.19. The summed E-state index contributed by atoms with van der Waals surface area (Å²) in [6.07, 6.45) is 0. The predicted molar refractivity (Wildman–Crippen MR) is 90.8 cm³/mol. The quantitative estimate of drug-likeness (QED) is 0.542. The van der Waals surface area contributed by atoms with Crippen molar-refractivity contribution in [3.05, 3.63) is 58.1 Å². The molecule has 3 nitrogen and oxygen atoms in total. The molecule has 0 spiro atoms. The molecule has 2 aromatic rings. The summed E-state index contributed by atoms with van der Waals surface area (Å²) in [6.45, 7) is 6.61. The molecular formula is C18H19BrO3. The third-order valence-electron chi connectivity index (χ3n) is 3.22. The van der Waals surface area contributed by atoms with E-state index in [-0.39, 0.29) is 0 Å². The van der Waals surface area contributed by atoms with Gasteiger partial charge in [-0.05, 0) is 48.7 Å². The van der Waals surface area contributed by atoms with Crippen LogP contribution in [0.2, 0.25) is 0 Å². The van der Waals surface area contributed by atoms with Crippen molar-refractivity contribution in [1.29, 1.82) is 0 Å². The molecule has 0 amide bonds. The lowest BCUT2D eigenvalue weighted by molar-refractivity contribution is 0.0730. The average molecular weight is 363 g/mol. The molecular weight excluding hydrogens is 344 g/mol. The minimum Gasteiger partial charge on any atom is -0.493 e. The summed E-state index contributed by atoms with van der Waals surface area (Å²) in [7, 11) is 0. The normalized spacial score (nSPS) is 10.6. The zero-order valence-electron chi connectivity index (χ0n) is 12.9. The van der Waals surface area contributed by atoms with E-state index in [2.05, 4.69) is 29.8 Å². The Kier molecular flexibility index (Phi) is 5.61. The van der Waals surface area contributed by atoms with Gasteiger partial charge in [0.05, 0.1) is 6.61 Å². The van der Waals surface area contributed by atoms with Crippen LogP contribution in [0.3, 0.4) is 0 Å². The Morgan fingerprint density at radius 3 is 2.41 bits per heavy atom. The fraction of sp³-hybridized carbons (Fsp3) is 0.278. The molecule has 0 saturated carbocycles. The first kappa shape index (κ1) is 16.6. The van der Waals surface area contributed by atoms with Gasteiger partial charge in [-0.3, -0.25) is 0 Å². The number of benzene rings is 2. The van der Waals surface area contributed by atoms with Crippen LogP contribution in [0.25, 0.3) is 0 Å². The van der Waals surface area contributed by atoms with Gasteiger partial charge in [-0.15, -0.1) is 0 Å². The van der Waals surface area contributed by atoms with Crippen LogP contribution in [0.1, 0.15) is 42.6 Å². The molecule has 4 heteroatoms. The first-order valence-electron chi connectivity index (χ1n) is 7.25. The smallest absolute Gasteiger partial charge is 0.347 e. The summed E-state index contributed by atoms with van der Waals surface area (Å²) in [5.41, 5.74) is 1.61. The largest absolute Gasteiger partial charge is 0.493 e. The molecule has 0 radical (unpaired) electrons. The van der Waals surface area contributed by atoms with Crippen LogP contribution >= 0.6 is 15.9 Å². The Morgan fingerprint density at radius 2 is 1.82 bits per heavy atom. The second kappa shape index (κ2) is 7.45. The van der Waals surface area contributed by atoms with Crippen molar-refractivity contribution in [3.8, 4) is 11.5 Å². The molecule has 0 unspecified atom stereocenters. The molecule has 0 bridgehead atoms. The summed E-state index contributed by atoms with van der Waals surface area (Å²) in [5, 5.41) is 0. The van der Waals surface area contributed by atoms with E-state index in [0.29, 0.717) is 29.6 Å². The standard InChI is InChI=1S/C18H19BrO3/c1-4-21-17-10-7-14(19)11-16(17)18(20)22-15-8-5-13(6-9-15)12(2)3/h5-12H,4H2,1-3H3. The van der Waals surface area contributed by atoms with Gasteiger partial charge in [-0.25, -0.2) is 4.79 Å². The molecule has 0 aromatic heterocycles. The van der Waals surface area contributed by atoms with E-state index < -0.39 is 5.97 Å². The Bertz CT molecular complexity index is 648. The van der Waals surface area contributed by atoms with Gasteiger partial charge in [0.25, 0.3) is 0 Å². The maximum Gasteiger partial charge on any atom is 0.347 e. The number of rotatable bonds is 5. The first-order chi connectivity index (χ1) is 10.5. The molecule has 2 aromatic carbocycles. The summed E-state index contributed by atoms with van der Waals surface area (Å²) in [4.78, 5) is 12.4. The number of carbonyl (C=O) groups excluding carboxylic acids is 1. The van der Waals surface area contributed by atoms with Gasteiger partial charge in [-0.1, -0.05) is 41.9 Å². The maximum atomic E-state index is 12.4. The zero-order valence-corrected chi connectivity index (χ0v) is 14.5. The molecule has 2 rings (SSSR count). The van der Waals surface area contributed by atoms with Crippen LogP contribution < -0.4 is 9.47 Å². The highest BCUT2D eigenvalue weighted by atomic mass is 79.9. The molecule has 0 aliphatic heterocycles. The number of halogens is 1. The highest BCUT2D eigenvalue weighted by molar-refractivity contribution is 9.10. The molecule has 0 heterocycles. The number of carbonyl (C=O) groups is 1. The fourth-order valence-electron chi connectivity index (χ4n) is 2.03. The molecule has 0 fully saturated rings. The van der Waals surface area contributed by atoms with Crippen molar-refractivity contribution in [2.75, 3.05) is 6.61 Å². The van der Waals surface area contributed by atoms with Crippen molar-refractivity contribution in [2.45, 2.75) is 26.7 Å². The zero-order chi connectivity index (χ0) is 16.1. The van der Waals surface area contributed by atoms with E-state index in [1.165, 1.54) is 5.56 Å². The molecule has 0 N–H and O–H groups in total. The van der Waals surface area contributed by atoms with Crippen molar-refractivity contribution in [2.24, 2.45) is 0 Å². The lowest BCUT2D eigenvalue weighted by Crippen LogP contribution is -2.11. The second-order valence-corrected chi connectivity index (χ2v) is 6.10. The maximum absolute atomic E-state index is 12.4. The van der Waals surface area contributed by atoms with E-state index in [1.54, 1.807) is 12.1 Å². The minimum atomic E-state index is -0.429. The van der Waals surface area contributed by atoms with Gasteiger partial charge >= 0.3 is 5.97 Å². The van der Waals surface area contributed by atoms with Crippen molar-refractivity contribution in [1.82, 2.24) is 0 Å². The number of esters is 1.